The number of carbonyl (C=O) groups is 5. The lowest BCUT2D eigenvalue weighted by Gasteiger charge is -2.38. The predicted octanol–water partition coefficient (Wildman–Crippen LogP) is 0.726. The van der Waals surface area contributed by atoms with Gasteiger partial charge >= 0.3 is 19.1 Å². The van der Waals surface area contributed by atoms with Crippen molar-refractivity contribution < 1.29 is 43.1 Å². The van der Waals surface area contributed by atoms with E-state index in [1.807, 2.05) is 19.9 Å². The first kappa shape index (κ1) is 30.2. The molecule has 3 atom stereocenters. The number of carboxylic acid groups (broad SMARTS) is 1. The van der Waals surface area contributed by atoms with E-state index in [0.717, 1.165) is 12.7 Å². The first-order valence-corrected chi connectivity index (χ1v) is 12.6. The molecular weight excluding hydrogens is 523 g/mol. The molecule has 1 saturated heterocycles. The van der Waals surface area contributed by atoms with Crippen LogP contribution < -0.4 is 10.6 Å². The van der Waals surface area contributed by atoms with Crippen LogP contribution in [-0.4, -0.2) is 76.6 Å². The fourth-order valence-corrected chi connectivity index (χ4v) is 4.32. The molecule has 1 aromatic heterocycles. The number of nitrogens with zero attached hydrogens (tertiary/aromatic N) is 2. The summed E-state index contributed by atoms with van der Waals surface area (Å²) < 4.78 is 15.9. The highest BCUT2D eigenvalue weighted by atomic mass is 16.7. The van der Waals surface area contributed by atoms with Crippen molar-refractivity contribution in [2.24, 2.45) is 5.92 Å². The number of aromatic nitrogens is 2. The summed E-state index contributed by atoms with van der Waals surface area (Å²) >= 11 is 0. The SMILES string of the molecule is COC(=O)C1(CC(=O)O)CC(=O)OB([C@H](CC(C)C)NC(=O)C(Cc2ccccc2)NC(=O)c2cnccn2)O1. The van der Waals surface area contributed by atoms with E-state index in [-0.39, 0.29) is 24.5 Å². The number of esters is 1. The van der Waals surface area contributed by atoms with Crippen LogP contribution in [0.5, 0.6) is 0 Å². The molecule has 3 rings (SSSR count). The molecular formula is C26H31BN4O9. The molecule has 0 radical (unpaired) electrons. The number of hydrogen-bond donors (Lipinski definition) is 3. The van der Waals surface area contributed by atoms with Crippen LogP contribution in [0.15, 0.2) is 48.9 Å². The second-order valence-electron chi connectivity index (χ2n) is 9.76. The minimum absolute atomic E-state index is 0.00756. The zero-order valence-electron chi connectivity index (χ0n) is 22.4. The lowest BCUT2D eigenvalue weighted by Crippen LogP contribution is -2.63. The maximum Gasteiger partial charge on any atom is 0.552 e. The number of rotatable bonds is 12. The minimum atomic E-state index is -2.13. The van der Waals surface area contributed by atoms with Crippen molar-refractivity contribution in [3.63, 3.8) is 0 Å². The van der Waals surface area contributed by atoms with Crippen molar-refractivity contribution in [2.45, 2.75) is 57.1 Å². The Bertz CT molecular complexity index is 1210. The molecule has 3 N–H and O–H groups in total. The molecule has 2 aromatic rings. The van der Waals surface area contributed by atoms with Crippen molar-refractivity contribution in [2.75, 3.05) is 7.11 Å². The maximum atomic E-state index is 13.6. The molecule has 1 fully saturated rings. The summed E-state index contributed by atoms with van der Waals surface area (Å²) in [6.07, 6.45) is 2.84. The molecule has 1 aliphatic heterocycles. The Labute approximate surface area is 231 Å². The number of ether oxygens (including phenoxy) is 1. The van der Waals surface area contributed by atoms with Gasteiger partial charge in [0.05, 0.1) is 32.1 Å². The van der Waals surface area contributed by atoms with Crippen molar-refractivity contribution in [3.8, 4) is 0 Å². The fourth-order valence-electron chi connectivity index (χ4n) is 4.32. The van der Waals surface area contributed by atoms with Crippen molar-refractivity contribution in [1.82, 2.24) is 20.6 Å². The van der Waals surface area contributed by atoms with Crippen LogP contribution in [0.25, 0.3) is 0 Å². The summed E-state index contributed by atoms with van der Waals surface area (Å²) in [4.78, 5) is 71.0. The van der Waals surface area contributed by atoms with Gasteiger partial charge in [0, 0.05) is 18.8 Å². The van der Waals surface area contributed by atoms with E-state index in [4.69, 9.17) is 14.0 Å². The van der Waals surface area contributed by atoms with Gasteiger partial charge in [-0.2, -0.15) is 0 Å². The zero-order valence-corrected chi connectivity index (χ0v) is 22.4. The Kier molecular flexibility index (Phi) is 10.3. The Morgan fingerprint density at radius 1 is 1.15 bits per heavy atom. The summed E-state index contributed by atoms with van der Waals surface area (Å²) in [6, 6.07) is 7.90. The van der Waals surface area contributed by atoms with Gasteiger partial charge in [-0.05, 0) is 17.9 Å². The number of nitrogens with one attached hydrogen (secondary N) is 2. The van der Waals surface area contributed by atoms with E-state index in [2.05, 4.69) is 20.6 Å². The highest BCUT2D eigenvalue weighted by molar-refractivity contribution is 6.50. The van der Waals surface area contributed by atoms with E-state index in [1.165, 1.54) is 18.6 Å². The molecule has 0 bridgehead atoms. The largest absolute Gasteiger partial charge is 0.552 e. The molecule has 0 spiro atoms. The lowest BCUT2D eigenvalue weighted by molar-refractivity contribution is -0.177. The normalized spacial score (nSPS) is 18.3. The van der Waals surface area contributed by atoms with Gasteiger partial charge in [0.25, 0.3) is 11.9 Å². The van der Waals surface area contributed by atoms with Crippen LogP contribution in [-0.2, 0) is 39.6 Å². The molecule has 1 aliphatic rings. The molecule has 2 heterocycles. The first-order valence-electron chi connectivity index (χ1n) is 12.6. The van der Waals surface area contributed by atoms with Crippen LogP contribution in [0.3, 0.4) is 0 Å². The van der Waals surface area contributed by atoms with Gasteiger partial charge in [-0.15, -0.1) is 0 Å². The Balaban J connectivity index is 1.89. The van der Waals surface area contributed by atoms with Gasteiger partial charge < -0.3 is 29.8 Å². The van der Waals surface area contributed by atoms with Crippen LogP contribution in [0.2, 0.25) is 0 Å². The average Bonchev–Trinajstić information content (AvgIpc) is 2.91. The smallest absolute Gasteiger partial charge is 0.508 e. The average molecular weight is 554 g/mol. The Morgan fingerprint density at radius 2 is 1.88 bits per heavy atom. The molecule has 2 amide bonds. The monoisotopic (exact) mass is 554 g/mol. The van der Waals surface area contributed by atoms with Crippen LogP contribution in [0.1, 0.15) is 49.2 Å². The Morgan fingerprint density at radius 3 is 2.48 bits per heavy atom. The fraction of sp³-hybridized carbons (Fsp3) is 0.423. The topological polar surface area (TPSA) is 183 Å². The van der Waals surface area contributed by atoms with Crippen LogP contribution >= 0.6 is 0 Å². The van der Waals surface area contributed by atoms with E-state index in [1.54, 1.807) is 24.3 Å². The summed E-state index contributed by atoms with van der Waals surface area (Å²) in [6.45, 7) is 3.71. The molecule has 0 aliphatic carbocycles. The second kappa shape index (κ2) is 13.6. The van der Waals surface area contributed by atoms with E-state index in [9.17, 15) is 29.1 Å². The molecule has 40 heavy (non-hydrogen) atoms. The van der Waals surface area contributed by atoms with Gasteiger partial charge in [-0.3, -0.25) is 24.2 Å². The molecule has 1 aromatic carbocycles. The van der Waals surface area contributed by atoms with Crippen molar-refractivity contribution in [1.29, 1.82) is 0 Å². The number of methoxy groups -OCH3 is 1. The third-order valence-electron chi connectivity index (χ3n) is 6.10. The third-order valence-corrected chi connectivity index (χ3v) is 6.10. The van der Waals surface area contributed by atoms with E-state index in [0.29, 0.717) is 0 Å². The number of aliphatic carboxylic acids is 1. The summed E-state index contributed by atoms with van der Waals surface area (Å²) in [5.74, 6) is -5.63. The predicted molar refractivity (Wildman–Crippen MR) is 139 cm³/mol. The molecule has 13 nitrogen and oxygen atoms in total. The van der Waals surface area contributed by atoms with Gasteiger partial charge in [0.1, 0.15) is 11.7 Å². The zero-order chi connectivity index (χ0) is 29.3. The van der Waals surface area contributed by atoms with Crippen LogP contribution in [0, 0.1) is 5.92 Å². The Hall–Kier alpha value is -4.33. The van der Waals surface area contributed by atoms with E-state index >= 15 is 0 Å². The first-order chi connectivity index (χ1) is 19.0. The second-order valence-corrected chi connectivity index (χ2v) is 9.76. The molecule has 14 heteroatoms. The number of hydrogen-bond acceptors (Lipinski definition) is 10. The minimum Gasteiger partial charge on any atom is -0.508 e. The molecule has 0 saturated carbocycles. The summed E-state index contributed by atoms with van der Waals surface area (Å²) in [5.41, 5.74) is -1.37. The van der Waals surface area contributed by atoms with Crippen molar-refractivity contribution >= 4 is 36.8 Å². The van der Waals surface area contributed by atoms with Gasteiger partial charge in [-0.25, -0.2) is 9.78 Å². The lowest BCUT2D eigenvalue weighted by atomic mass is 9.70. The maximum absolute atomic E-state index is 13.6. The van der Waals surface area contributed by atoms with Gasteiger partial charge in [-0.1, -0.05) is 44.2 Å². The quantitative estimate of drug-likeness (QED) is 0.248. The summed E-state index contributed by atoms with van der Waals surface area (Å²) in [5, 5.41) is 14.8. The molecule has 212 valence electrons. The number of carbonyl (C=O) groups excluding carboxylic acids is 4. The van der Waals surface area contributed by atoms with Gasteiger partial charge in [0.2, 0.25) is 5.91 Å². The highest BCUT2D eigenvalue weighted by Crippen LogP contribution is 2.31. The van der Waals surface area contributed by atoms with Crippen molar-refractivity contribution in [3.05, 3.63) is 60.2 Å². The number of carboxylic acids is 1. The number of amides is 2. The third kappa shape index (κ3) is 8.09. The van der Waals surface area contributed by atoms with Gasteiger partial charge in [0.15, 0.2) is 5.60 Å². The highest BCUT2D eigenvalue weighted by Gasteiger charge is 2.55. The standard InChI is InChI=1S/C26H31BN4O9/c1-16(2)11-20(27-39-22(34)14-26(40-27,13-21(32)33)25(37)38-3)31-23(35)18(12-17-7-5-4-6-8-17)30-24(36)19-15-28-9-10-29-19/h4-10,15-16,18,20H,11-14H2,1-3H3,(H,30,36)(H,31,35)(H,32,33)/t18?,20-,26?/m0/s1. The number of benzene rings is 1. The summed E-state index contributed by atoms with van der Waals surface area (Å²) in [7, 11) is -0.454. The molecule has 2 unspecified atom stereocenters. The van der Waals surface area contributed by atoms with Crippen LogP contribution in [0.4, 0.5) is 0 Å². The van der Waals surface area contributed by atoms with E-state index < -0.39 is 67.3 Å².